The van der Waals surface area contributed by atoms with Gasteiger partial charge in [-0.1, -0.05) is 19.3 Å². The molecule has 0 aromatic rings. The van der Waals surface area contributed by atoms with Gasteiger partial charge >= 0.3 is 19.1 Å². The van der Waals surface area contributed by atoms with E-state index < -0.39 is 7.12 Å². The Hall–Kier alpha value is -1.48. The topological polar surface area (TPSA) is 55.8 Å². The number of hydrogen-bond acceptors (Lipinski definition) is 5. The largest absolute Gasteiger partial charge is 0.611 e. The van der Waals surface area contributed by atoms with E-state index in [0.717, 1.165) is 6.42 Å². The van der Waals surface area contributed by atoms with Gasteiger partial charge in [0.2, 0.25) is 0 Å². The molecule has 0 atom stereocenters. The van der Waals surface area contributed by atoms with E-state index in [9.17, 15) is 9.59 Å². The molecule has 0 aromatic carbocycles. The van der Waals surface area contributed by atoms with Crippen molar-refractivity contribution in [2.75, 3.05) is 20.1 Å². The Labute approximate surface area is 126 Å². The van der Waals surface area contributed by atoms with Gasteiger partial charge in [-0.3, -0.25) is 14.5 Å². The Morgan fingerprint density at radius 1 is 1.10 bits per heavy atom. The van der Waals surface area contributed by atoms with E-state index >= 15 is 0 Å². The second kappa shape index (κ2) is 8.09. The first-order valence-electron chi connectivity index (χ1n) is 7.66. The molecular weight excluding hydrogens is 269 g/mol. The minimum Gasteiger partial charge on any atom is -0.498 e. The van der Waals surface area contributed by atoms with Gasteiger partial charge in [0.25, 0.3) is 0 Å². The van der Waals surface area contributed by atoms with Crippen molar-refractivity contribution < 1.29 is 18.9 Å². The van der Waals surface area contributed by atoms with Crippen LogP contribution in [0.1, 0.15) is 38.5 Å². The molecule has 2 rings (SSSR count). The molecular formula is C15H22BNO4. The summed E-state index contributed by atoms with van der Waals surface area (Å²) in [5.74, 6) is 6.05. The summed E-state index contributed by atoms with van der Waals surface area (Å²) in [6.07, 6.45) is 7.61. The third-order valence-corrected chi connectivity index (χ3v) is 3.83. The van der Waals surface area contributed by atoms with Crippen LogP contribution in [0.5, 0.6) is 0 Å². The van der Waals surface area contributed by atoms with Crippen molar-refractivity contribution in [1.82, 2.24) is 4.90 Å². The summed E-state index contributed by atoms with van der Waals surface area (Å²) in [7, 11) is 0.810. The molecule has 2 fully saturated rings. The van der Waals surface area contributed by atoms with Crippen LogP contribution in [0.4, 0.5) is 0 Å². The number of hydrogen-bond donors (Lipinski definition) is 0. The van der Waals surface area contributed by atoms with Crippen molar-refractivity contribution in [1.29, 1.82) is 0 Å². The molecule has 1 aliphatic heterocycles. The second-order valence-corrected chi connectivity index (χ2v) is 5.85. The van der Waals surface area contributed by atoms with Gasteiger partial charge in [0.15, 0.2) is 0 Å². The quantitative estimate of drug-likeness (QED) is 0.570. The van der Waals surface area contributed by atoms with Crippen molar-refractivity contribution in [2.24, 2.45) is 5.92 Å². The van der Waals surface area contributed by atoms with Crippen LogP contribution >= 0.6 is 0 Å². The molecule has 0 amide bonds. The third kappa shape index (κ3) is 5.80. The molecule has 1 saturated carbocycles. The van der Waals surface area contributed by atoms with Crippen LogP contribution < -0.4 is 0 Å². The van der Waals surface area contributed by atoms with Gasteiger partial charge in [-0.15, -0.1) is 11.8 Å². The van der Waals surface area contributed by atoms with Crippen LogP contribution in [0.2, 0.25) is 6.32 Å². The van der Waals surface area contributed by atoms with Crippen molar-refractivity contribution in [2.45, 2.75) is 44.8 Å². The Kier molecular flexibility index (Phi) is 6.12. The maximum atomic E-state index is 11.5. The van der Waals surface area contributed by atoms with E-state index in [1.807, 2.05) is 0 Å². The van der Waals surface area contributed by atoms with Gasteiger partial charge in [-0.2, -0.15) is 0 Å². The summed E-state index contributed by atoms with van der Waals surface area (Å²) in [6, 6.07) is 0. The Morgan fingerprint density at radius 2 is 1.71 bits per heavy atom. The minimum absolute atomic E-state index is 0.0983. The highest BCUT2D eigenvalue weighted by Gasteiger charge is 2.30. The van der Waals surface area contributed by atoms with Crippen molar-refractivity contribution in [3.8, 4) is 11.8 Å². The zero-order chi connectivity index (χ0) is 15.1. The monoisotopic (exact) mass is 291 g/mol. The first-order valence-corrected chi connectivity index (χ1v) is 7.66. The smallest absolute Gasteiger partial charge is 0.498 e. The summed E-state index contributed by atoms with van der Waals surface area (Å²) < 4.78 is 10.2. The summed E-state index contributed by atoms with van der Waals surface area (Å²) >= 11 is 0. The summed E-state index contributed by atoms with van der Waals surface area (Å²) in [5, 5.41) is 0. The molecule has 1 saturated heterocycles. The zero-order valence-electron chi connectivity index (χ0n) is 12.6. The molecule has 0 aromatic heterocycles. The van der Waals surface area contributed by atoms with Crippen LogP contribution in [0.15, 0.2) is 0 Å². The van der Waals surface area contributed by atoms with E-state index in [4.69, 9.17) is 9.31 Å². The van der Waals surface area contributed by atoms with Crippen LogP contribution in [-0.2, 0) is 18.9 Å². The van der Waals surface area contributed by atoms with Crippen LogP contribution in [-0.4, -0.2) is 44.1 Å². The minimum atomic E-state index is -0.863. The van der Waals surface area contributed by atoms with Crippen LogP contribution in [0.25, 0.3) is 0 Å². The Morgan fingerprint density at radius 3 is 2.33 bits per heavy atom. The van der Waals surface area contributed by atoms with Gasteiger partial charge in [0.1, 0.15) is 0 Å². The second-order valence-electron chi connectivity index (χ2n) is 5.85. The number of rotatable bonds is 2. The normalized spacial score (nSPS) is 21.7. The molecule has 0 bridgehead atoms. The maximum Gasteiger partial charge on any atom is 0.611 e. The molecule has 0 spiro atoms. The molecule has 2 aliphatic rings. The molecule has 0 unspecified atom stereocenters. The predicted molar refractivity (Wildman–Crippen MR) is 79.2 cm³/mol. The highest BCUT2D eigenvalue weighted by Crippen LogP contribution is 2.25. The van der Waals surface area contributed by atoms with Gasteiger partial charge in [0.05, 0.1) is 19.4 Å². The van der Waals surface area contributed by atoms with Crippen LogP contribution in [0, 0.1) is 17.8 Å². The molecule has 0 radical (unpaired) electrons. The SMILES string of the molecule is CN1CC(=O)OB(CC#CCC2CCCCC2)OC(=O)C1. The lowest BCUT2D eigenvalue weighted by Gasteiger charge is -2.21. The lowest BCUT2D eigenvalue weighted by Crippen LogP contribution is -2.42. The fraction of sp³-hybridized carbons (Fsp3) is 0.733. The number of nitrogens with zero attached hydrogens (tertiary/aromatic N) is 1. The van der Waals surface area contributed by atoms with E-state index in [1.165, 1.54) is 32.1 Å². The molecule has 1 heterocycles. The lowest BCUT2D eigenvalue weighted by atomic mass is 9.83. The summed E-state index contributed by atoms with van der Waals surface area (Å²) in [4.78, 5) is 24.6. The molecule has 5 nitrogen and oxygen atoms in total. The highest BCUT2D eigenvalue weighted by atomic mass is 16.6. The van der Waals surface area contributed by atoms with Gasteiger partial charge in [0, 0.05) is 6.42 Å². The van der Waals surface area contributed by atoms with Crippen molar-refractivity contribution in [3.05, 3.63) is 0 Å². The van der Waals surface area contributed by atoms with Crippen LogP contribution in [0.3, 0.4) is 0 Å². The van der Waals surface area contributed by atoms with Gasteiger partial charge in [-0.05, 0) is 25.8 Å². The molecule has 0 N–H and O–H groups in total. The van der Waals surface area contributed by atoms with E-state index in [-0.39, 0.29) is 31.3 Å². The first kappa shape index (κ1) is 15.9. The predicted octanol–water partition coefficient (Wildman–Crippen LogP) is 1.48. The highest BCUT2D eigenvalue weighted by molar-refractivity contribution is 6.50. The molecule has 6 heteroatoms. The fourth-order valence-electron chi connectivity index (χ4n) is 2.74. The Balaban J connectivity index is 1.78. The molecule has 114 valence electrons. The standard InChI is InChI=1S/C15H22BNO4/c1-17-11-14(18)20-16(21-15(19)12-17)10-6-5-9-13-7-3-2-4-8-13/h13H,2-4,7-12H2,1H3. The van der Waals surface area contributed by atoms with Gasteiger partial charge < -0.3 is 9.31 Å². The molecule has 21 heavy (non-hydrogen) atoms. The summed E-state index contributed by atoms with van der Waals surface area (Å²) in [5.41, 5.74) is 0. The van der Waals surface area contributed by atoms with E-state index in [0.29, 0.717) is 5.92 Å². The lowest BCUT2D eigenvalue weighted by molar-refractivity contribution is -0.145. The number of carbonyl (C=O) groups is 2. The average molecular weight is 291 g/mol. The average Bonchev–Trinajstić information content (AvgIpc) is 2.42. The molecule has 1 aliphatic carbocycles. The van der Waals surface area contributed by atoms with E-state index in [2.05, 4.69) is 11.8 Å². The van der Waals surface area contributed by atoms with E-state index in [1.54, 1.807) is 11.9 Å². The third-order valence-electron chi connectivity index (χ3n) is 3.83. The zero-order valence-corrected chi connectivity index (χ0v) is 12.6. The number of likely N-dealkylation sites (N-methyl/N-ethyl adjacent to an activating group) is 1. The maximum absolute atomic E-state index is 11.5. The first-order chi connectivity index (χ1) is 10.1. The summed E-state index contributed by atoms with van der Waals surface area (Å²) in [6.45, 7) is 0.197. The van der Waals surface area contributed by atoms with Crippen molar-refractivity contribution in [3.63, 3.8) is 0 Å². The number of carbonyl (C=O) groups excluding carboxylic acids is 2. The fourth-order valence-corrected chi connectivity index (χ4v) is 2.74. The van der Waals surface area contributed by atoms with Gasteiger partial charge in [-0.25, -0.2) is 0 Å². The Bertz CT molecular complexity index is 417. The van der Waals surface area contributed by atoms with Crippen molar-refractivity contribution >= 4 is 19.1 Å².